The van der Waals surface area contributed by atoms with Crippen molar-refractivity contribution < 1.29 is 9.21 Å². The Hall–Kier alpha value is -1.08. The first-order chi connectivity index (χ1) is 10.6. The van der Waals surface area contributed by atoms with Crippen molar-refractivity contribution in [3.8, 4) is 10.8 Å². The van der Waals surface area contributed by atoms with Crippen molar-refractivity contribution in [2.75, 3.05) is 20.1 Å². The second-order valence-corrected chi connectivity index (χ2v) is 6.74. The molecule has 3 rings (SSSR count). The molecule has 0 aromatic carbocycles. The highest BCUT2D eigenvalue weighted by atomic mass is 35.5. The molecule has 0 atom stereocenters. The van der Waals surface area contributed by atoms with Crippen LogP contribution in [-0.2, 0) is 0 Å². The molecule has 3 heterocycles. The number of halogens is 2. The number of nitrogens with one attached hydrogen (secondary N) is 1. The lowest BCUT2D eigenvalue weighted by atomic mass is 10.1. The number of carbonyl (C=O) groups is 1. The molecular formula is C16H23Cl2N3O2S. The Kier molecular flexibility index (Phi) is 7.73. The average molecular weight is 392 g/mol. The normalized spacial score (nSPS) is 14.6. The zero-order valence-electron chi connectivity index (χ0n) is 14.0. The maximum atomic E-state index is 12.8. The monoisotopic (exact) mass is 391 g/mol. The van der Waals surface area contributed by atoms with Gasteiger partial charge in [0.25, 0.3) is 5.91 Å². The van der Waals surface area contributed by atoms with Gasteiger partial charge in [-0.05, 0) is 51.9 Å². The number of piperidine rings is 1. The summed E-state index contributed by atoms with van der Waals surface area (Å²) in [6, 6.07) is 4.12. The molecule has 0 saturated carbocycles. The first kappa shape index (κ1) is 21.0. The quantitative estimate of drug-likeness (QED) is 0.866. The molecule has 0 aliphatic carbocycles. The van der Waals surface area contributed by atoms with E-state index in [2.05, 4.69) is 10.3 Å². The van der Waals surface area contributed by atoms with Gasteiger partial charge in [-0.3, -0.25) is 4.79 Å². The fourth-order valence-corrected chi connectivity index (χ4v) is 3.78. The number of furan rings is 1. The van der Waals surface area contributed by atoms with Crippen molar-refractivity contribution in [3.63, 3.8) is 0 Å². The Morgan fingerprint density at radius 1 is 1.29 bits per heavy atom. The number of hydrogen-bond donors (Lipinski definition) is 1. The molecule has 0 spiro atoms. The van der Waals surface area contributed by atoms with Crippen molar-refractivity contribution in [2.24, 2.45) is 0 Å². The van der Waals surface area contributed by atoms with E-state index >= 15 is 0 Å². The van der Waals surface area contributed by atoms with Crippen LogP contribution in [0.15, 0.2) is 16.5 Å². The van der Waals surface area contributed by atoms with Gasteiger partial charge in [0.2, 0.25) is 0 Å². The molecule has 134 valence electrons. The molecule has 2 aromatic rings. The van der Waals surface area contributed by atoms with Gasteiger partial charge in [0.15, 0.2) is 10.8 Å². The Bertz CT molecular complexity index is 681. The van der Waals surface area contributed by atoms with E-state index in [1.165, 1.54) is 11.3 Å². The summed E-state index contributed by atoms with van der Waals surface area (Å²) in [6.45, 7) is 5.74. The van der Waals surface area contributed by atoms with Gasteiger partial charge in [-0.15, -0.1) is 36.2 Å². The SMILES string of the molecule is Cc1ccc(-c2nc(C)c(C(=O)N(C)C3CCNCC3)s2)o1.Cl.Cl. The van der Waals surface area contributed by atoms with E-state index in [4.69, 9.17) is 4.42 Å². The maximum Gasteiger partial charge on any atom is 0.265 e. The molecule has 0 bridgehead atoms. The van der Waals surface area contributed by atoms with E-state index in [-0.39, 0.29) is 30.7 Å². The standard InChI is InChI=1S/C16H21N3O2S.2ClH/c1-10-4-5-13(21-10)15-18-11(2)14(22-15)16(20)19(3)12-6-8-17-9-7-12;;/h4-5,12,17H,6-9H2,1-3H3;2*1H. The largest absolute Gasteiger partial charge is 0.459 e. The lowest BCUT2D eigenvalue weighted by Crippen LogP contribution is -2.43. The number of aromatic nitrogens is 1. The second-order valence-electron chi connectivity index (χ2n) is 5.74. The number of carbonyl (C=O) groups excluding carboxylic acids is 1. The molecule has 0 radical (unpaired) electrons. The fourth-order valence-electron chi connectivity index (χ4n) is 2.77. The van der Waals surface area contributed by atoms with Gasteiger partial charge in [0, 0.05) is 13.1 Å². The zero-order chi connectivity index (χ0) is 15.7. The molecule has 1 amide bonds. The topological polar surface area (TPSA) is 58.4 Å². The van der Waals surface area contributed by atoms with Gasteiger partial charge in [0.05, 0.1) is 5.69 Å². The van der Waals surface area contributed by atoms with Crippen LogP contribution in [-0.4, -0.2) is 42.0 Å². The zero-order valence-corrected chi connectivity index (χ0v) is 16.4. The van der Waals surface area contributed by atoms with Crippen LogP contribution in [0.2, 0.25) is 0 Å². The third-order valence-electron chi connectivity index (χ3n) is 4.12. The van der Waals surface area contributed by atoms with Crippen LogP contribution in [0.25, 0.3) is 10.8 Å². The Morgan fingerprint density at radius 3 is 2.54 bits per heavy atom. The van der Waals surface area contributed by atoms with Gasteiger partial charge in [-0.25, -0.2) is 4.98 Å². The summed E-state index contributed by atoms with van der Waals surface area (Å²) in [5.41, 5.74) is 0.778. The fraction of sp³-hybridized carbons (Fsp3) is 0.500. The maximum absolute atomic E-state index is 12.8. The lowest BCUT2D eigenvalue weighted by molar-refractivity contribution is 0.0707. The van der Waals surface area contributed by atoms with Crippen LogP contribution in [0.3, 0.4) is 0 Å². The molecule has 5 nitrogen and oxygen atoms in total. The third kappa shape index (κ3) is 4.30. The summed E-state index contributed by atoms with van der Waals surface area (Å²) >= 11 is 1.41. The second kappa shape index (κ2) is 8.85. The van der Waals surface area contributed by atoms with Crippen LogP contribution in [0.4, 0.5) is 0 Å². The van der Waals surface area contributed by atoms with Crippen molar-refractivity contribution in [3.05, 3.63) is 28.5 Å². The highest BCUT2D eigenvalue weighted by Gasteiger charge is 2.26. The van der Waals surface area contributed by atoms with Crippen molar-refractivity contribution >= 4 is 42.1 Å². The minimum atomic E-state index is 0. The number of thiazole rings is 1. The Morgan fingerprint density at radius 2 is 1.96 bits per heavy atom. The van der Waals surface area contributed by atoms with Crippen LogP contribution in [0.1, 0.15) is 34.0 Å². The van der Waals surface area contributed by atoms with Crippen LogP contribution in [0.5, 0.6) is 0 Å². The van der Waals surface area contributed by atoms with Gasteiger partial charge < -0.3 is 14.6 Å². The van der Waals surface area contributed by atoms with E-state index in [1.54, 1.807) is 0 Å². The summed E-state index contributed by atoms with van der Waals surface area (Å²) in [5, 5.41) is 4.10. The summed E-state index contributed by atoms with van der Waals surface area (Å²) in [4.78, 5) is 19.9. The van der Waals surface area contributed by atoms with E-state index in [1.807, 2.05) is 37.9 Å². The van der Waals surface area contributed by atoms with Gasteiger partial charge >= 0.3 is 0 Å². The number of hydrogen-bond acceptors (Lipinski definition) is 5. The minimum absolute atomic E-state index is 0. The smallest absolute Gasteiger partial charge is 0.265 e. The highest BCUT2D eigenvalue weighted by molar-refractivity contribution is 7.17. The van der Waals surface area contributed by atoms with E-state index < -0.39 is 0 Å². The van der Waals surface area contributed by atoms with Crippen LogP contribution in [0, 0.1) is 13.8 Å². The molecule has 2 aromatic heterocycles. The summed E-state index contributed by atoms with van der Waals surface area (Å²) in [5.74, 6) is 1.65. The molecule has 24 heavy (non-hydrogen) atoms. The van der Waals surface area contributed by atoms with Crippen molar-refractivity contribution in [2.45, 2.75) is 32.7 Å². The molecule has 0 unspecified atom stereocenters. The molecular weight excluding hydrogens is 369 g/mol. The van der Waals surface area contributed by atoms with E-state index in [0.29, 0.717) is 10.9 Å². The first-order valence-electron chi connectivity index (χ1n) is 7.58. The van der Waals surface area contributed by atoms with Gasteiger partial charge in [-0.2, -0.15) is 0 Å². The number of nitrogens with zero attached hydrogens (tertiary/aromatic N) is 2. The molecule has 1 aliphatic rings. The van der Waals surface area contributed by atoms with Gasteiger partial charge in [-0.1, -0.05) is 0 Å². The molecule has 1 N–H and O–H groups in total. The van der Waals surface area contributed by atoms with Crippen molar-refractivity contribution in [1.82, 2.24) is 15.2 Å². The number of amides is 1. The van der Waals surface area contributed by atoms with Crippen LogP contribution < -0.4 is 5.32 Å². The molecule has 1 saturated heterocycles. The van der Waals surface area contributed by atoms with Crippen LogP contribution >= 0.6 is 36.2 Å². The van der Waals surface area contributed by atoms with Gasteiger partial charge in [0.1, 0.15) is 10.6 Å². The first-order valence-corrected chi connectivity index (χ1v) is 8.40. The molecule has 1 fully saturated rings. The summed E-state index contributed by atoms with van der Waals surface area (Å²) in [7, 11) is 1.90. The number of rotatable bonds is 3. The third-order valence-corrected chi connectivity index (χ3v) is 5.28. The summed E-state index contributed by atoms with van der Waals surface area (Å²) < 4.78 is 5.61. The lowest BCUT2D eigenvalue weighted by Gasteiger charge is -2.31. The molecule has 8 heteroatoms. The number of aryl methyl sites for hydroxylation is 2. The Labute approximate surface area is 158 Å². The van der Waals surface area contributed by atoms with Crippen molar-refractivity contribution in [1.29, 1.82) is 0 Å². The predicted molar refractivity (Wildman–Crippen MR) is 102 cm³/mol. The van der Waals surface area contributed by atoms with E-state index in [0.717, 1.165) is 48.2 Å². The molecule has 1 aliphatic heterocycles. The Balaban J connectivity index is 0.00000144. The highest BCUT2D eigenvalue weighted by Crippen LogP contribution is 2.30. The minimum Gasteiger partial charge on any atom is -0.459 e. The average Bonchev–Trinajstić information content (AvgIpc) is 3.12. The predicted octanol–water partition coefficient (Wildman–Crippen LogP) is 3.69. The summed E-state index contributed by atoms with van der Waals surface area (Å²) in [6.07, 6.45) is 2.01. The van der Waals surface area contributed by atoms with E-state index in [9.17, 15) is 4.79 Å².